The summed E-state index contributed by atoms with van der Waals surface area (Å²) < 4.78 is 16.5. The highest BCUT2D eigenvalue weighted by Crippen LogP contribution is 2.28. The van der Waals surface area contributed by atoms with Gasteiger partial charge in [0, 0.05) is 20.1 Å². The zero-order valence-electron chi connectivity index (χ0n) is 19.7. The number of methoxy groups -OCH3 is 2. The van der Waals surface area contributed by atoms with E-state index in [0.29, 0.717) is 13.2 Å². The normalized spacial score (nSPS) is 15.3. The van der Waals surface area contributed by atoms with Gasteiger partial charge in [-0.2, -0.15) is 0 Å². The fraction of sp³-hybridized carbons (Fsp3) is 0.480. The van der Waals surface area contributed by atoms with Crippen LogP contribution in [0.15, 0.2) is 47.5 Å². The Labute approximate surface area is 191 Å². The molecule has 7 nitrogen and oxygen atoms in total. The van der Waals surface area contributed by atoms with Crippen molar-refractivity contribution in [2.75, 3.05) is 47.5 Å². The van der Waals surface area contributed by atoms with Gasteiger partial charge >= 0.3 is 0 Å². The summed E-state index contributed by atoms with van der Waals surface area (Å²) in [6.45, 7) is 6.19. The molecular weight excluding hydrogens is 404 g/mol. The number of hydrogen-bond donors (Lipinski definition) is 2. The van der Waals surface area contributed by atoms with Crippen molar-refractivity contribution in [2.45, 2.75) is 32.4 Å². The Balaban J connectivity index is 1.63. The number of nitrogens with zero attached hydrogens (tertiary/aromatic N) is 2. The molecule has 1 atom stereocenters. The highest BCUT2D eigenvalue weighted by molar-refractivity contribution is 5.79. The zero-order chi connectivity index (χ0) is 22.8. The first kappa shape index (κ1) is 23.7. The molecule has 0 amide bonds. The smallest absolute Gasteiger partial charge is 0.191 e. The molecule has 2 aromatic carbocycles. The zero-order valence-corrected chi connectivity index (χ0v) is 19.7. The number of benzene rings is 2. The number of guanidine groups is 1. The number of ether oxygens (including phenoxy) is 3. The average molecular weight is 441 g/mol. The van der Waals surface area contributed by atoms with Crippen LogP contribution in [0.1, 0.15) is 36.9 Å². The molecule has 1 unspecified atom stereocenters. The minimum absolute atomic E-state index is 0.261. The number of rotatable bonds is 10. The van der Waals surface area contributed by atoms with Gasteiger partial charge in [-0.15, -0.1) is 0 Å². The largest absolute Gasteiger partial charge is 0.497 e. The lowest BCUT2D eigenvalue weighted by Crippen LogP contribution is -2.42. The molecule has 2 aromatic rings. The fourth-order valence-electron chi connectivity index (χ4n) is 4.06. The Bertz CT molecular complexity index is 881. The Hall–Kier alpha value is -2.93. The predicted octanol–water partition coefficient (Wildman–Crippen LogP) is 3.60. The summed E-state index contributed by atoms with van der Waals surface area (Å²) in [7, 11) is 5.17. The minimum Gasteiger partial charge on any atom is -0.497 e. The predicted molar refractivity (Wildman–Crippen MR) is 129 cm³/mol. The molecule has 2 N–H and O–H groups in total. The number of nitrogens with one attached hydrogen (secondary N) is 2. The van der Waals surface area contributed by atoms with E-state index in [4.69, 9.17) is 14.2 Å². The van der Waals surface area contributed by atoms with Crippen LogP contribution in [-0.4, -0.2) is 58.4 Å². The van der Waals surface area contributed by atoms with Crippen LogP contribution >= 0.6 is 0 Å². The fourth-order valence-corrected chi connectivity index (χ4v) is 4.06. The first-order valence-corrected chi connectivity index (χ1v) is 11.3. The molecule has 0 bridgehead atoms. The summed E-state index contributed by atoms with van der Waals surface area (Å²) in [5.74, 6) is 3.15. The third-order valence-corrected chi connectivity index (χ3v) is 5.73. The number of aliphatic imine (C=N–C) groups is 1. The lowest BCUT2D eigenvalue weighted by atomic mass is 10.1. The summed E-state index contributed by atoms with van der Waals surface area (Å²) in [6, 6.07) is 14.6. The molecule has 0 saturated carbocycles. The van der Waals surface area contributed by atoms with Gasteiger partial charge < -0.3 is 24.8 Å². The molecule has 7 heteroatoms. The molecule has 1 aliphatic heterocycles. The molecule has 0 aromatic heterocycles. The van der Waals surface area contributed by atoms with Crippen LogP contribution in [0.4, 0.5) is 0 Å². The molecule has 0 aliphatic carbocycles. The van der Waals surface area contributed by atoms with Gasteiger partial charge in [-0.1, -0.05) is 18.2 Å². The van der Waals surface area contributed by atoms with E-state index in [1.54, 1.807) is 21.3 Å². The van der Waals surface area contributed by atoms with Crippen LogP contribution < -0.4 is 24.8 Å². The SMILES string of the molecule is CCOc1ccc(CNC(=NC)NCC(c2cccc(OC)c2)N2CCCC2)cc1OC. The van der Waals surface area contributed by atoms with Crippen LogP contribution in [0.5, 0.6) is 17.2 Å². The first-order chi connectivity index (χ1) is 15.7. The monoisotopic (exact) mass is 440 g/mol. The standard InChI is InChI=1S/C25H36N4O3/c1-5-32-23-12-11-19(15-24(23)31-4)17-27-25(26-2)28-18-22(29-13-6-7-14-29)20-9-8-10-21(16-20)30-3/h8-12,15-16,22H,5-7,13-14,17-18H2,1-4H3,(H2,26,27,28). The van der Waals surface area contributed by atoms with E-state index in [0.717, 1.165) is 48.4 Å². The van der Waals surface area contributed by atoms with Gasteiger partial charge in [0.2, 0.25) is 0 Å². The van der Waals surface area contributed by atoms with Crippen LogP contribution in [0.25, 0.3) is 0 Å². The van der Waals surface area contributed by atoms with Gasteiger partial charge in [0.05, 0.1) is 26.9 Å². The summed E-state index contributed by atoms with van der Waals surface area (Å²) in [5, 5.41) is 6.92. The van der Waals surface area contributed by atoms with Crippen molar-refractivity contribution in [1.82, 2.24) is 15.5 Å². The summed E-state index contributed by atoms with van der Waals surface area (Å²) in [5.41, 5.74) is 2.35. The van der Waals surface area contributed by atoms with E-state index < -0.39 is 0 Å². The third-order valence-electron chi connectivity index (χ3n) is 5.73. The molecule has 1 heterocycles. The Morgan fingerprint density at radius 3 is 2.53 bits per heavy atom. The van der Waals surface area contributed by atoms with Crippen molar-refractivity contribution >= 4 is 5.96 Å². The van der Waals surface area contributed by atoms with E-state index in [2.05, 4.69) is 38.7 Å². The van der Waals surface area contributed by atoms with Gasteiger partial charge in [0.1, 0.15) is 5.75 Å². The van der Waals surface area contributed by atoms with Crippen molar-refractivity contribution in [2.24, 2.45) is 4.99 Å². The van der Waals surface area contributed by atoms with Gasteiger partial charge in [-0.05, 0) is 68.2 Å². The van der Waals surface area contributed by atoms with Crippen LogP contribution in [0, 0.1) is 0 Å². The first-order valence-electron chi connectivity index (χ1n) is 11.3. The van der Waals surface area contributed by atoms with E-state index in [1.807, 2.05) is 31.2 Å². The maximum absolute atomic E-state index is 5.61. The van der Waals surface area contributed by atoms with Crippen molar-refractivity contribution < 1.29 is 14.2 Å². The average Bonchev–Trinajstić information content (AvgIpc) is 3.36. The molecule has 1 aliphatic rings. The Kier molecular flexibility index (Phi) is 9.04. The highest BCUT2D eigenvalue weighted by Gasteiger charge is 2.24. The Morgan fingerprint density at radius 2 is 1.84 bits per heavy atom. The summed E-state index contributed by atoms with van der Waals surface area (Å²) in [4.78, 5) is 6.95. The molecule has 32 heavy (non-hydrogen) atoms. The van der Waals surface area contributed by atoms with Crippen LogP contribution in [0.2, 0.25) is 0 Å². The molecular formula is C25H36N4O3. The van der Waals surface area contributed by atoms with Crippen LogP contribution in [0.3, 0.4) is 0 Å². The van der Waals surface area contributed by atoms with E-state index in [1.165, 1.54) is 18.4 Å². The maximum Gasteiger partial charge on any atom is 0.191 e. The molecule has 1 saturated heterocycles. The summed E-state index contributed by atoms with van der Waals surface area (Å²) >= 11 is 0. The third kappa shape index (κ3) is 6.29. The van der Waals surface area contributed by atoms with Gasteiger partial charge in [0.25, 0.3) is 0 Å². The second-order valence-corrected chi connectivity index (χ2v) is 7.76. The quantitative estimate of drug-likeness (QED) is 0.435. The van der Waals surface area contributed by atoms with Gasteiger partial charge in [-0.3, -0.25) is 9.89 Å². The molecule has 0 radical (unpaired) electrons. The lowest BCUT2D eigenvalue weighted by Gasteiger charge is -2.29. The molecule has 174 valence electrons. The maximum atomic E-state index is 5.61. The van der Waals surface area contributed by atoms with Crippen LogP contribution in [-0.2, 0) is 6.54 Å². The van der Waals surface area contributed by atoms with E-state index >= 15 is 0 Å². The molecule has 0 spiro atoms. The van der Waals surface area contributed by atoms with Crippen molar-refractivity contribution in [1.29, 1.82) is 0 Å². The topological polar surface area (TPSA) is 67.3 Å². The second kappa shape index (κ2) is 12.2. The van der Waals surface area contributed by atoms with Crippen molar-refractivity contribution in [3.8, 4) is 17.2 Å². The Morgan fingerprint density at radius 1 is 1.03 bits per heavy atom. The molecule has 3 rings (SSSR count). The lowest BCUT2D eigenvalue weighted by molar-refractivity contribution is 0.245. The van der Waals surface area contributed by atoms with Gasteiger partial charge in [0.15, 0.2) is 17.5 Å². The second-order valence-electron chi connectivity index (χ2n) is 7.76. The van der Waals surface area contributed by atoms with Crippen molar-refractivity contribution in [3.63, 3.8) is 0 Å². The van der Waals surface area contributed by atoms with E-state index in [9.17, 15) is 0 Å². The molecule has 1 fully saturated rings. The van der Waals surface area contributed by atoms with Crippen molar-refractivity contribution in [3.05, 3.63) is 53.6 Å². The summed E-state index contributed by atoms with van der Waals surface area (Å²) in [6.07, 6.45) is 2.49. The van der Waals surface area contributed by atoms with Gasteiger partial charge in [-0.25, -0.2) is 0 Å². The minimum atomic E-state index is 0.261. The number of likely N-dealkylation sites (tertiary alicyclic amines) is 1. The number of hydrogen-bond acceptors (Lipinski definition) is 5. The highest BCUT2D eigenvalue weighted by atomic mass is 16.5. The van der Waals surface area contributed by atoms with E-state index in [-0.39, 0.29) is 6.04 Å².